The Hall–Kier alpha value is -7.36. The minimum atomic E-state index is 0.448. The van der Waals surface area contributed by atoms with Crippen LogP contribution in [0, 0.1) is 0 Å². The topological polar surface area (TPSA) is 44.1 Å². The molecule has 9 aromatic rings. The van der Waals surface area contributed by atoms with E-state index in [1.807, 2.05) is 36.4 Å². The number of nitrogen functional groups attached to an aromatic ring is 1. The average Bonchev–Trinajstić information content (AvgIpc) is 3.83. The highest BCUT2D eigenvalue weighted by atomic mass is 16.3. The predicted octanol–water partition coefficient (Wildman–Crippen LogP) is 15.1. The Balaban J connectivity index is 0.000000204. The monoisotopic (exact) mass is 748 g/mol. The number of rotatable bonds is 7. The van der Waals surface area contributed by atoms with E-state index < -0.39 is 0 Å². The van der Waals surface area contributed by atoms with Gasteiger partial charge in [0.1, 0.15) is 5.76 Å². The molecule has 3 nitrogen and oxygen atoms in total. The van der Waals surface area contributed by atoms with Crippen LogP contribution in [0.3, 0.4) is 0 Å². The summed E-state index contributed by atoms with van der Waals surface area (Å²) in [6, 6.07) is 57.8. The van der Waals surface area contributed by atoms with Crippen molar-refractivity contribution in [3.63, 3.8) is 0 Å². The van der Waals surface area contributed by atoms with E-state index in [4.69, 9.17) is 10.2 Å². The van der Waals surface area contributed by atoms with Crippen LogP contribution in [-0.4, -0.2) is 4.57 Å². The SMILES string of the molecule is C=C/C=C\C=C/c1ccc(-c2ccccc2)cc1.CC1CC=Cc2oc3c(-n4c5ccccc5c5cc(-c6ccc(-c7ccc(N)cc7)cc6)ccc54)cccc3c21. The van der Waals surface area contributed by atoms with Crippen molar-refractivity contribution in [2.24, 2.45) is 0 Å². The number of allylic oxidation sites excluding steroid dienone is 5. The van der Waals surface area contributed by atoms with E-state index in [-0.39, 0.29) is 0 Å². The van der Waals surface area contributed by atoms with Crippen molar-refractivity contribution in [3.05, 3.63) is 218 Å². The fourth-order valence-electron chi connectivity index (χ4n) is 8.12. The number of anilines is 1. The molecule has 0 radical (unpaired) electrons. The summed E-state index contributed by atoms with van der Waals surface area (Å²) >= 11 is 0. The first-order valence-corrected chi connectivity index (χ1v) is 19.9. The summed E-state index contributed by atoms with van der Waals surface area (Å²) in [6.07, 6.45) is 15.1. The Morgan fingerprint density at radius 3 is 1.93 bits per heavy atom. The molecule has 0 saturated heterocycles. The number of benzene rings is 7. The highest BCUT2D eigenvalue weighted by Crippen LogP contribution is 2.42. The molecular weight excluding hydrogens is 705 g/mol. The van der Waals surface area contributed by atoms with Gasteiger partial charge in [-0.05, 0) is 93.8 Å². The van der Waals surface area contributed by atoms with E-state index >= 15 is 0 Å². The van der Waals surface area contributed by atoms with Crippen LogP contribution >= 0.6 is 0 Å². The Labute approximate surface area is 340 Å². The van der Waals surface area contributed by atoms with E-state index in [0.29, 0.717) is 5.92 Å². The van der Waals surface area contributed by atoms with Gasteiger partial charge in [0, 0.05) is 27.4 Å². The molecule has 2 heterocycles. The van der Waals surface area contributed by atoms with E-state index in [2.05, 4.69) is 182 Å². The second-order valence-electron chi connectivity index (χ2n) is 14.8. The summed E-state index contributed by atoms with van der Waals surface area (Å²) in [5.74, 6) is 1.44. The molecule has 2 aromatic heterocycles. The maximum Gasteiger partial charge on any atom is 0.159 e. The first kappa shape index (κ1) is 36.3. The van der Waals surface area contributed by atoms with Gasteiger partial charge in [0.05, 0.1) is 16.7 Å². The van der Waals surface area contributed by atoms with Gasteiger partial charge in [-0.3, -0.25) is 0 Å². The molecule has 1 aliphatic carbocycles. The second-order valence-corrected chi connectivity index (χ2v) is 14.8. The number of para-hydroxylation sites is 2. The van der Waals surface area contributed by atoms with Crippen molar-refractivity contribution in [1.82, 2.24) is 4.57 Å². The van der Waals surface area contributed by atoms with Crippen LogP contribution in [-0.2, 0) is 0 Å². The zero-order valence-electron chi connectivity index (χ0n) is 32.6. The highest BCUT2D eigenvalue weighted by Gasteiger charge is 2.24. The highest BCUT2D eigenvalue weighted by molar-refractivity contribution is 6.11. The van der Waals surface area contributed by atoms with Gasteiger partial charge in [0.15, 0.2) is 5.58 Å². The van der Waals surface area contributed by atoms with Crippen LogP contribution in [0.5, 0.6) is 0 Å². The van der Waals surface area contributed by atoms with Gasteiger partial charge in [0.25, 0.3) is 0 Å². The number of hydrogen-bond donors (Lipinski definition) is 1. The Kier molecular flexibility index (Phi) is 10.0. The van der Waals surface area contributed by atoms with Gasteiger partial charge in [-0.15, -0.1) is 0 Å². The van der Waals surface area contributed by atoms with Crippen molar-refractivity contribution in [3.8, 4) is 39.1 Å². The summed E-state index contributed by atoms with van der Waals surface area (Å²) in [6.45, 7) is 5.92. The Bertz CT molecular complexity index is 2970. The largest absolute Gasteiger partial charge is 0.454 e. The van der Waals surface area contributed by atoms with E-state index in [0.717, 1.165) is 34.7 Å². The van der Waals surface area contributed by atoms with Crippen LogP contribution in [0.25, 0.3) is 84.0 Å². The standard InChI is InChI=1S/C37H28N2O.C18H16/c1-23-6-4-11-35-36(23)30-8-5-10-34(37(30)40-35)39-32-9-3-2-7-29(32)31-22-27(18-21-33(31)39)26-14-12-24(13-15-26)25-16-19-28(38)20-17-25;1-2-3-4-6-9-16-12-14-18(15-13-16)17-10-7-5-8-11-17/h2-5,7-23H,6,38H2,1H3;2-15H,1H2/b;4-3-,9-6-. The molecule has 0 saturated carbocycles. The average molecular weight is 749 g/mol. The van der Waals surface area contributed by atoms with Gasteiger partial charge in [-0.25, -0.2) is 0 Å². The third-order valence-electron chi connectivity index (χ3n) is 11.1. The molecule has 58 heavy (non-hydrogen) atoms. The summed E-state index contributed by atoms with van der Waals surface area (Å²) in [5, 5.41) is 3.69. The molecule has 0 bridgehead atoms. The minimum absolute atomic E-state index is 0.448. The molecule has 10 rings (SSSR count). The number of hydrogen-bond acceptors (Lipinski definition) is 2. The smallest absolute Gasteiger partial charge is 0.159 e. The molecule has 0 spiro atoms. The maximum absolute atomic E-state index is 6.55. The number of fused-ring (bicyclic) bond motifs is 6. The van der Waals surface area contributed by atoms with Crippen molar-refractivity contribution < 1.29 is 4.42 Å². The molecule has 3 heteroatoms. The van der Waals surface area contributed by atoms with Gasteiger partial charge < -0.3 is 14.7 Å². The molecule has 280 valence electrons. The summed E-state index contributed by atoms with van der Waals surface area (Å²) in [7, 11) is 0. The lowest BCUT2D eigenvalue weighted by molar-refractivity contribution is 0.585. The number of nitrogens with two attached hydrogens (primary N) is 1. The first-order valence-electron chi connectivity index (χ1n) is 19.9. The van der Waals surface area contributed by atoms with E-state index in [1.165, 1.54) is 66.1 Å². The first-order chi connectivity index (χ1) is 28.6. The van der Waals surface area contributed by atoms with Crippen molar-refractivity contribution in [2.45, 2.75) is 19.3 Å². The van der Waals surface area contributed by atoms with Crippen LogP contribution in [0.15, 0.2) is 205 Å². The zero-order chi connectivity index (χ0) is 39.4. The molecule has 0 fully saturated rings. The van der Waals surface area contributed by atoms with Crippen LogP contribution < -0.4 is 5.73 Å². The van der Waals surface area contributed by atoms with E-state index in [9.17, 15) is 0 Å². The van der Waals surface area contributed by atoms with Crippen molar-refractivity contribution in [1.29, 1.82) is 0 Å². The fraction of sp³-hybridized carbons (Fsp3) is 0.0545. The van der Waals surface area contributed by atoms with Gasteiger partial charge in [0.2, 0.25) is 0 Å². The van der Waals surface area contributed by atoms with Gasteiger partial charge >= 0.3 is 0 Å². The molecule has 2 N–H and O–H groups in total. The Morgan fingerprint density at radius 2 is 1.19 bits per heavy atom. The van der Waals surface area contributed by atoms with Crippen molar-refractivity contribution in [2.75, 3.05) is 5.73 Å². The quantitative estimate of drug-likeness (QED) is 0.130. The number of nitrogens with zero attached hydrogens (tertiary/aromatic N) is 1. The normalized spacial score (nSPS) is 13.6. The number of furan rings is 1. The molecule has 0 amide bonds. The summed E-state index contributed by atoms with van der Waals surface area (Å²) in [4.78, 5) is 0. The molecule has 7 aromatic carbocycles. The zero-order valence-corrected chi connectivity index (χ0v) is 32.6. The molecule has 1 atom stereocenters. The molecular formula is C55H44N2O. The summed E-state index contributed by atoms with van der Waals surface area (Å²) < 4.78 is 8.91. The minimum Gasteiger partial charge on any atom is -0.454 e. The maximum atomic E-state index is 6.55. The van der Waals surface area contributed by atoms with Gasteiger partial charge in [-0.2, -0.15) is 0 Å². The third kappa shape index (κ3) is 7.11. The fourth-order valence-corrected chi connectivity index (χ4v) is 8.12. The lowest BCUT2D eigenvalue weighted by atomic mass is 9.91. The summed E-state index contributed by atoms with van der Waals surface area (Å²) in [5.41, 5.74) is 20.8. The lowest BCUT2D eigenvalue weighted by Gasteiger charge is -2.12. The van der Waals surface area contributed by atoms with Crippen molar-refractivity contribution >= 4 is 50.6 Å². The number of aromatic nitrogens is 1. The molecule has 1 unspecified atom stereocenters. The molecule has 1 aliphatic rings. The van der Waals surface area contributed by atoms with Crippen LogP contribution in [0.2, 0.25) is 0 Å². The lowest BCUT2D eigenvalue weighted by Crippen LogP contribution is -1.97. The van der Waals surface area contributed by atoms with Crippen LogP contribution in [0.4, 0.5) is 5.69 Å². The van der Waals surface area contributed by atoms with E-state index in [1.54, 1.807) is 6.08 Å². The van der Waals surface area contributed by atoms with Gasteiger partial charge in [-0.1, -0.05) is 177 Å². The third-order valence-corrected chi connectivity index (χ3v) is 11.1. The molecule has 0 aliphatic heterocycles. The Morgan fingerprint density at radius 1 is 0.586 bits per heavy atom. The predicted molar refractivity (Wildman–Crippen MR) is 248 cm³/mol. The van der Waals surface area contributed by atoms with Crippen LogP contribution in [0.1, 0.15) is 36.1 Å². The second kappa shape index (κ2) is 16.0.